The van der Waals surface area contributed by atoms with Crippen molar-refractivity contribution in [3.05, 3.63) is 24.3 Å². The van der Waals surface area contributed by atoms with Crippen molar-refractivity contribution < 1.29 is 0 Å². The Labute approximate surface area is 157 Å². The zero-order valence-electron chi connectivity index (χ0n) is 16.8. The molecule has 2 rings (SSSR count). The van der Waals surface area contributed by atoms with Gasteiger partial charge in [-0.2, -0.15) is 0 Å². The van der Waals surface area contributed by atoms with Gasteiger partial charge in [0, 0.05) is 0 Å². The first-order valence-electron chi connectivity index (χ1n) is 11.2. The molecule has 0 heteroatoms. The lowest BCUT2D eigenvalue weighted by molar-refractivity contribution is 0.291. The quantitative estimate of drug-likeness (QED) is 0.416. The number of allylic oxidation sites excluding steroid dienone is 4. The van der Waals surface area contributed by atoms with E-state index in [2.05, 4.69) is 50.0 Å². The molecule has 0 unspecified atom stereocenters. The SMILES string of the molecule is CCCC[C@H]1CC[C@H](/C=C/C#C/C=C/[C@H]2CC[C@H](CCC)CC2)CC1. The summed E-state index contributed by atoms with van der Waals surface area (Å²) in [5.74, 6) is 10.0. The summed E-state index contributed by atoms with van der Waals surface area (Å²) in [7, 11) is 0. The molecule has 0 saturated heterocycles. The molecule has 0 radical (unpaired) electrons. The summed E-state index contributed by atoms with van der Waals surface area (Å²) in [5, 5.41) is 0. The van der Waals surface area contributed by atoms with Crippen LogP contribution in [0.4, 0.5) is 0 Å². The molecular formula is C25H40. The van der Waals surface area contributed by atoms with E-state index in [0.717, 1.165) is 23.7 Å². The molecule has 2 saturated carbocycles. The molecule has 2 aliphatic carbocycles. The average Bonchev–Trinajstić information content (AvgIpc) is 2.65. The Balaban J connectivity index is 1.60. The van der Waals surface area contributed by atoms with Crippen molar-refractivity contribution in [2.45, 2.75) is 97.3 Å². The van der Waals surface area contributed by atoms with Crippen molar-refractivity contribution in [2.24, 2.45) is 23.7 Å². The zero-order chi connectivity index (χ0) is 17.7. The van der Waals surface area contributed by atoms with Gasteiger partial charge in [-0.25, -0.2) is 0 Å². The second-order valence-corrected chi connectivity index (χ2v) is 8.50. The molecule has 0 aliphatic heterocycles. The van der Waals surface area contributed by atoms with Gasteiger partial charge < -0.3 is 0 Å². The minimum atomic E-state index is 0.782. The van der Waals surface area contributed by atoms with Gasteiger partial charge in [-0.15, -0.1) is 0 Å². The molecular weight excluding hydrogens is 300 g/mol. The fourth-order valence-corrected chi connectivity index (χ4v) is 4.70. The van der Waals surface area contributed by atoms with Crippen molar-refractivity contribution >= 4 is 0 Å². The van der Waals surface area contributed by atoms with Gasteiger partial charge in [0.25, 0.3) is 0 Å². The van der Waals surface area contributed by atoms with Crippen molar-refractivity contribution in [2.75, 3.05) is 0 Å². The molecule has 0 atom stereocenters. The summed E-state index contributed by atoms with van der Waals surface area (Å²) in [6.45, 7) is 4.62. The van der Waals surface area contributed by atoms with Gasteiger partial charge in [0.05, 0.1) is 0 Å². The van der Waals surface area contributed by atoms with Crippen LogP contribution < -0.4 is 0 Å². The Hall–Kier alpha value is -0.960. The molecule has 2 aliphatic rings. The Kier molecular flexibility index (Phi) is 10.1. The summed E-state index contributed by atoms with van der Waals surface area (Å²) in [4.78, 5) is 0. The molecule has 0 N–H and O–H groups in total. The van der Waals surface area contributed by atoms with Gasteiger partial charge in [-0.05, 0) is 87.2 Å². The first-order chi connectivity index (χ1) is 12.3. The van der Waals surface area contributed by atoms with Gasteiger partial charge >= 0.3 is 0 Å². The van der Waals surface area contributed by atoms with Crippen LogP contribution in [0.25, 0.3) is 0 Å². The van der Waals surface area contributed by atoms with Gasteiger partial charge in [-0.1, -0.05) is 69.9 Å². The lowest BCUT2D eigenvalue weighted by atomic mass is 9.80. The lowest BCUT2D eigenvalue weighted by Crippen LogP contribution is -2.12. The number of hydrogen-bond acceptors (Lipinski definition) is 0. The van der Waals surface area contributed by atoms with Gasteiger partial charge in [-0.3, -0.25) is 0 Å². The molecule has 25 heavy (non-hydrogen) atoms. The first-order valence-corrected chi connectivity index (χ1v) is 11.2. The maximum Gasteiger partial charge on any atom is -0.0153 e. The van der Waals surface area contributed by atoms with Crippen LogP contribution in [0, 0.1) is 35.5 Å². The molecule has 0 aromatic heterocycles. The van der Waals surface area contributed by atoms with Crippen LogP contribution >= 0.6 is 0 Å². The molecule has 0 aromatic carbocycles. The molecule has 0 spiro atoms. The van der Waals surface area contributed by atoms with E-state index in [-0.39, 0.29) is 0 Å². The molecule has 2 fully saturated rings. The Morgan fingerprint density at radius 1 is 0.640 bits per heavy atom. The predicted octanol–water partition coefficient (Wildman–Crippen LogP) is 7.71. The number of hydrogen-bond donors (Lipinski definition) is 0. The van der Waals surface area contributed by atoms with Crippen LogP contribution in [-0.2, 0) is 0 Å². The summed E-state index contributed by atoms with van der Waals surface area (Å²) >= 11 is 0. The molecule has 0 nitrogen and oxygen atoms in total. The largest absolute Gasteiger partial charge is 0.0730 e. The van der Waals surface area contributed by atoms with Crippen molar-refractivity contribution in [1.29, 1.82) is 0 Å². The topological polar surface area (TPSA) is 0 Å². The second kappa shape index (κ2) is 12.4. The van der Waals surface area contributed by atoms with E-state index in [4.69, 9.17) is 0 Å². The van der Waals surface area contributed by atoms with E-state index >= 15 is 0 Å². The van der Waals surface area contributed by atoms with Crippen LogP contribution in [0.5, 0.6) is 0 Å². The molecule has 0 bridgehead atoms. The minimum Gasteiger partial charge on any atom is -0.0730 e. The smallest absolute Gasteiger partial charge is 0.0153 e. The Morgan fingerprint density at radius 3 is 1.56 bits per heavy atom. The monoisotopic (exact) mass is 340 g/mol. The third-order valence-corrected chi connectivity index (χ3v) is 6.43. The number of unbranched alkanes of at least 4 members (excludes halogenated alkanes) is 1. The third kappa shape index (κ3) is 8.31. The van der Waals surface area contributed by atoms with Crippen molar-refractivity contribution in [3.63, 3.8) is 0 Å². The Morgan fingerprint density at radius 2 is 1.12 bits per heavy atom. The highest BCUT2D eigenvalue weighted by Crippen LogP contribution is 2.33. The second-order valence-electron chi connectivity index (χ2n) is 8.50. The standard InChI is InChI=1S/C25H40/c1-3-5-11-23-18-20-25(21-19-23)13-9-7-6-8-12-24-16-14-22(10-4-2)15-17-24/h8-9,12-13,22-25H,3-5,10-11,14-21H2,1-2H3/b12-8+,13-9+/t22-,23-,24-,25-. The molecule has 0 amide bonds. The molecule has 140 valence electrons. The predicted molar refractivity (Wildman–Crippen MR) is 111 cm³/mol. The fourth-order valence-electron chi connectivity index (χ4n) is 4.70. The maximum atomic E-state index is 3.23. The Bertz CT molecular complexity index is 442. The normalized spacial score (nSPS) is 30.5. The minimum absolute atomic E-state index is 0.782. The van der Waals surface area contributed by atoms with Crippen LogP contribution in [-0.4, -0.2) is 0 Å². The first kappa shape index (κ1) is 20.4. The summed E-state index contributed by atoms with van der Waals surface area (Å²) in [6.07, 6.45) is 27.2. The third-order valence-electron chi connectivity index (χ3n) is 6.43. The van der Waals surface area contributed by atoms with Gasteiger partial charge in [0.15, 0.2) is 0 Å². The van der Waals surface area contributed by atoms with E-state index in [1.165, 1.54) is 83.5 Å². The van der Waals surface area contributed by atoms with Crippen LogP contribution in [0.1, 0.15) is 97.3 Å². The summed E-state index contributed by atoms with van der Waals surface area (Å²) < 4.78 is 0. The van der Waals surface area contributed by atoms with E-state index in [1.54, 1.807) is 0 Å². The van der Waals surface area contributed by atoms with Crippen LogP contribution in [0.3, 0.4) is 0 Å². The van der Waals surface area contributed by atoms with E-state index in [0.29, 0.717) is 0 Å². The van der Waals surface area contributed by atoms with Gasteiger partial charge in [0.2, 0.25) is 0 Å². The average molecular weight is 341 g/mol. The van der Waals surface area contributed by atoms with Crippen molar-refractivity contribution in [1.82, 2.24) is 0 Å². The van der Waals surface area contributed by atoms with Gasteiger partial charge in [0.1, 0.15) is 0 Å². The lowest BCUT2D eigenvalue weighted by Gasteiger charge is -2.26. The highest BCUT2D eigenvalue weighted by molar-refractivity contribution is 5.24. The van der Waals surface area contributed by atoms with E-state index in [9.17, 15) is 0 Å². The van der Waals surface area contributed by atoms with Crippen LogP contribution in [0.15, 0.2) is 24.3 Å². The highest BCUT2D eigenvalue weighted by atomic mass is 14.2. The number of rotatable bonds is 7. The molecule has 0 heterocycles. The van der Waals surface area contributed by atoms with Crippen molar-refractivity contribution in [3.8, 4) is 11.8 Å². The van der Waals surface area contributed by atoms with Crippen LogP contribution in [0.2, 0.25) is 0 Å². The maximum absolute atomic E-state index is 3.23. The highest BCUT2D eigenvalue weighted by Gasteiger charge is 2.19. The van der Waals surface area contributed by atoms with E-state index < -0.39 is 0 Å². The zero-order valence-corrected chi connectivity index (χ0v) is 16.8. The fraction of sp³-hybridized carbons (Fsp3) is 0.760. The van der Waals surface area contributed by atoms with E-state index in [1.807, 2.05) is 0 Å². The summed E-state index contributed by atoms with van der Waals surface area (Å²) in [5.41, 5.74) is 0. The molecule has 0 aromatic rings. The summed E-state index contributed by atoms with van der Waals surface area (Å²) in [6, 6.07) is 0.